The standard InChI is InChI=1S/C15H21N3S/c1-11-14(18-8-4-3-5-15(18)17-11)10-16-12-6-7-13(9-12)19-2/h3-5,8,12-13,16H,6-7,9-10H2,1-2H3. The van der Waals surface area contributed by atoms with Crippen molar-refractivity contribution in [3.8, 4) is 0 Å². The molecule has 0 saturated heterocycles. The van der Waals surface area contributed by atoms with E-state index in [2.05, 4.69) is 46.2 Å². The van der Waals surface area contributed by atoms with Gasteiger partial charge in [-0.05, 0) is 44.6 Å². The summed E-state index contributed by atoms with van der Waals surface area (Å²) in [5.74, 6) is 0. The molecule has 2 heterocycles. The first-order valence-electron chi connectivity index (χ1n) is 6.96. The second kappa shape index (κ2) is 5.55. The zero-order valence-corrected chi connectivity index (χ0v) is 12.4. The average molecular weight is 275 g/mol. The molecule has 0 amide bonds. The number of aromatic nitrogens is 2. The van der Waals surface area contributed by atoms with Gasteiger partial charge in [0, 0.05) is 24.0 Å². The maximum absolute atomic E-state index is 4.61. The van der Waals surface area contributed by atoms with Crippen molar-refractivity contribution in [2.45, 2.75) is 44.0 Å². The van der Waals surface area contributed by atoms with Gasteiger partial charge in [-0.15, -0.1) is 0 Å². The van der Waals surface area contributed by atoms with Gasteiger partial charge >= 0.3 is 0 Å². The molecule has 1 N–H and O–H groups in total. The average Bonchev–Trinajstić information content (AvgIpc) is 3.00. The molecule has 1 fully saturated rings. The number of aryl methyl sites for hydroxylation is 1. The highest BCUT2D eigenvalue weighted by molar-refractivity contribution is 7.99. The predicted molar refractivity (Wildman–Crippen MR) is 81.7 cm³/mol. The number of hydrogen-bond donors (Lipinski definition) is 1. The third-order valence-corrected chi connectivity index (χ3v) is 5.20. The number of rotatable bonds is 4. The highest BCUT2D eigenvalue weighted by Gasteiger charge is 2.23. The number of thioether (sulfide) groups is 1. The molecule has 0 aromatic carbocycles. The molecule has 0 spiro atoms. The molecule has 0 bridgehead atoms. The van der Waals surface area contributed by atoms with Gasteiger partial charge in [0.05, 0.1) is 11.4 Å². The van der Waals surface area contributed by atoms with Gasteiger partial charge in [0.15, 0.2) is 0 Å². The molecule has 1 aliphatic carbocycles. The Morgan fingerprint density at radius 2 is 2.32 bits per heavy atom. The Balaban J connectivity index is 1.70. The molecule has 2 unspecified atom stereocenters. The Bertz CT molecular complexity index is 564. The second-order valence-electron chi connectivity index (χ2n) is 5.32. The minimum atomic E-state index is 0.672. The van der Waals surface area contributed by atoms with E-state index >= 15 is 0 Å². The van der Waals surface area contributed by atoms with Crippen molar-refractivity contribution < 1.29 is 0 Å². The molecule has 1 saturated carbocycles. The van der Waals surface area contributed by atoms with E-state index in [1.165, 1.54) is 25.0 Å². The quantitative estimate of drug-likeness (QED) is 0.930. The summed E-state index contributed by atoms with van der Waals surface area (Å²) in [4.78, 5) is 4.61. The Morgan fingerprint density at radius 1 is 1.42 bits per heavy atom. The fourth-order valence-electron chi connectivity index (χ4n) is 2.96. The van der Waals surface area contributed by atoms with Crippen molar-refractivity contribution in [1.29, 1.82) is 0 Å². The third-order valence-electron chi connectivity index (χ3n) is 4.11. The molecule has 2 aromatic heterocycles. The smallest absolute Gasteiger partial charge is 0.137 e. The van der Waals surface area contributed by atoms with Crippen molar-refractivity contribution in [2.24, 2.45) is 0 Å². The van der Waals surface area contributed by atoms with E-state index in [1.807, 2.05) is 17.8 Å². The van der Waals surface area contributed by atoms with Gasteiger partial charge in [-0.1, -0.05) is 6.07 Å². The summed E-state index contributed by atoms with van der Waals surface area (Å²) in [6, 6.07) is 6.84. The van der Waals surface area contributed by atoms with Gasteiger partial charge in [-0.3, -0.25) is 0 Å². The number of pyridine rings is 1. The van der Waals surface area contributed by atoms with Crippen LogP contribution < -0.4 is 5.32 Å². The summed E-state index contributed by atoms with van der Waals surface area (Å²) in [5.41, 5.74) is 3.48. The van der Waals surface area contributed by atoms with Crippen LogP contribution in [0, 0.1) is 6.92 Å². The number of nitrogens with one attached hydrogen (secondary N) is 1. The lowest BCUT2D eigenvalue weighted by Gasteiger charge is -2.13. The maximum atomic E-state index is 4.61. The van der Waals surface area contributed by atoms with Crippen molar-refractivity contribution >= 4 is 17.4 Å². The fourth-order valence-corrected chi connectivity index (χ4v) is 3.75. The molecule has 0 aliphatic heterocycles. The van der Waals surface area contributed by atoms with Crippen LogP contribution in [0.2, 0.25) is 0 Å². The SMILES string of the molecule is CSC1CCC(NCc2c(C)nc3ccccn23)C1. The molecule has 1 aliphatic rings. The van der Waals surface area contributed by atoms with Crippen LogP contribution in [0.1, 0.15) is 30.7 Å². The first-order valence-corrected chi connectivity index (χ1v) is 8.25. The van der Waals surface area contributed by atoms with Crippen molar-refractivity contribution in [2.75, 3.05) is 6.26 Å². The number of nitrogens with zero attached hydrogens (tertiary/aromatic N) is 2. The van der Waals surface area contributed by atoms with Crippen LogP contribution in [0.5, 0.6) is 0 Å². The Kier molecular flexibility index (Phi) is 3.80. The number of hydrogen-bond acceptors (Lipinski definition) is 3. The summed E-state index contributed by atoms with van der Waals surface area (Å²) < 4.78 is 2.20. The van der Waals surface area contributed by atoms with E-state index < -0.39 is 0 Å². The zero-order valence-electron chi connectivity index (χ0n) is 11.6. The lowest BCUT2D eigenvalue weighted by molar-refractivity contribution is 0.518. The van der Waals surface area contributed by atoms with E-state index in [1.54, 1.807) is 0 Å². The lowest BCUT2D eigenvalue weighted by Crippen LogP contribution is -2.27. The Hall–Kier alpha value is -1.00. The predicted octanol–water partition coefficient (Wildman–Crippen LogP) is 3.02. The van der Waals surface area contributed by atoms with Crippen LogP contribution in [0.15, 0.2) is 24.4 Å². The highest BCUT2D eigenvalue weighted by Crippen LogP contribution is 2.28. The van der Waals surface area contributed by atoms with Gasteiger partial charge in [0.2, 0.25) is 0 Å². The van der Waals surface area contributed by atoms with Crippen molar-refractivity contribution in [3.05, 3.63) is 35.8 Å². The van der Waals surface area contributed by atoms with Crippen LogP contribution in [0.3, 0.4) is 0 Å². The maximum Gasteiger partial charge on any atom is 0.137 e. The topological polar surface area (TPSA) is 29.3 Å². The van der Waals surface area contributed by atoms with Crippen LogP contribution in [-0.4, -0.2) is 26.9 Å². The minimum absolute atomic E-state index is 0.672. The van der Waals surface area contributed by atoms with Crippen LogP contribution >= 0.6 is 11.8 Å². The number of fused-ring (bicyclic) bond motifs is 1. The Labute approximate surface area is 118 Å². The first kappa shape index (κ1) is 13.0. The van der Waals surface area contributed by atoms with Crippen LogP contribution in [-0.2, 0) is 6.54 Å². The first-order chi connectivity index (χ1) is 9.28. The summed E-state index contributed by atoms with van der Waals surface area (Å²) in [5, 5.41) is 4.56. The van der Waals surface area contributed by atoms with Crippen LogP contribution in [0.4, 0.5) is 0 Å². The zero-order chi connectivity index (χ0) is 13.2. The highest BCUT2D eigenvalue weighted by atomic mass is 32.2. The summed E-state index contributed by atoms with van der Waals surface area (Å²) in [6.07, 6.45) is 8.29. The van der Waals surface area contributed by atoms with E-state index in [4.69, 9.17) is 0 Å². The summed E-state index contributed by atoms with van der Waals surface area (Å²) in [6.45, 7) is 3.02. The van der Waals surface area contributed by atoms with Gasteiger partial charge in [0.1, 0.15) is 5.65 Å². The normalized spacial score (nSPS) is 23.3. The van der Waals surface area contributed by atoms with E-state index in [9.17, 15) is 0 Å². The molecule has 0 radical (unpaired) electrons. The number of imidazole rings is 1. The Morgan fingerprint density at radius 3 is 3.11 bits per heavy atom. The molecule has 3 rings (SSSR count). The van der Waals surface area contributed by atoms with Crippen molar-refractivity contribution in [1.82, 2.24) is 14.7 Å². The molecule has 19 heavy (non-hydrogen) atoms. The monoisotopic (exact) mass is 275 g/mol. The molecule has 3 nitrogen and oxygen atoms in total. The molecular weight excluding hydrogens is 254 g/mol. The molecule has 102 valence electrons. The molecule has 2 atom stereocenters. The fraction of sp³-hybridized carbons (Fsp3) is 0.533. The molecule has 4 heteroatoms. The van der Waals surface area contributed by atoms with Gasteiger partial charge in [0.25, 0.3) is 0 Å². The lowest BCUT2D eigenvalue weighted by atomic mass is 10.2. The van der Waals surface area contributed by atoms with Crippen LogP contribution in [0.25, 0.3) is 5.65 Å². The summed E-state index contributed by atoms with van der Waals surface area (Å²) >= 11 is 2.01. The van der Waals surface area contributed by atoms with Gasteiger partial charge in [-0.2, -0.15) is 11.8 Å². The summed E-state index contributed by atoms with van der Waals surface area (Å²) in [7, 11) is 0. The minimum Gasteiger partial charge on any atom is -0.308 e. The van der Waals surface area contributed by atoms with Gasteiger partial charge < -0.3 is 9.72 Å². The second-order valence-corrected chi connectivity index (χ2v) is 6.46. The van der Waals surface area contributed by atoms with Gasteiger partial charge in [-0.25, -0.2) is 4.98 Å². The third kappa shape index (κ3) is 2.65. The van der Waals surface area contributed by atoms with E-state index in [-0.39, 0.29) is 0 Å². The van der Waals surface area contributed by atoms with E-state index in [0.29, 0.717) is 6.04 Å². The molecular formula is C15H21N3S. The molecule has 2 aromatic rings. The van der Waals surface area contributed by atoms with E-state index in [0.717, 1.165) is 23.1 Å². The largest absolute Gasteiger partial charge is 0.308 e. The van der Waals surface area contributed by atoms with Crippen molar-refractivity contribution in [3.63, 3.8) is 0 Å².